The number of rotatable bonds is 2. The molecule has 0 saturated carbocycles. The maximum absolute atomic E-state index is 12.8. The van der Waals surface area contributed by atoms with Crippen LogP contribution in [0.1, 0.15) is 42.8 Å². The number of ketones is 1. The fraction of sp³-hybridized carbons (Fsp3) is 0.227. The van der Waals surface area contributed by atoms with Gasteiger partial charge in [-0.25, -0.2) is 0 Å². The van der Waals surface area contributed by atoms with E-state index in [-0.39, 0.29) is 5.78 Å². The molecule has 0 amide bonds. The van der Waals surface area contributed by atoms with Crippen LogP contribution < -0.4 is 0 Å². The molecule has 0 radical (unpaired) electrons. The largest absolute Gasteiger partial charge is 0.376 e. The van der Waals surface area contributed by atoms with Gasteiger partial charge >= 0.3 is 0 Å². The van der Waals surface area contributed by atoms with Crippen molar-refractivity contribution in [3.63, 3.8) is 0 Å². The number of fused-ring (bicyclic) bond motifs is 1. The van der Waals surface area contributed by atoms with E-state index in [1.807, 2.05) is 69.3 Å². The molecule has 0 aliphatic carbocycles. The molecule has 3 aromatic rings. The minimum atomic E-state index is -0.897. The Balaban J connectivity index is 2.02. The first-order valence-electron chi connectivity index (χ1n) is 8.37. The van der Waals surface area contributed by atoms with Crippen LogP contribution in [0.3, 0.4) is 0 Å². The van der Waals surface area contributed by atoms with Gasteiger partial charge in [0, 0.05) is 33.1 Å². The second kappa shape index (κ2) is 7.11. The van der Waals surface area contributed by atoms with E-state index in [0.717, 1.165) is 20.9 Å². The molecule has 1 atom stereocenters. The summed E-state index contributed by atoms with van der Waals surface area (Å²) >= 11 is 3.38. The Bertz CT molecular complexity index is 1010. The fourth-order valence-electron chi connectivity index (χ4n) is 2.72. The van der Waals surface area contributed by atoms with Gasteiger partial charge in [0.2, 0.25) is 0 Å². The standard InChI is InChI=1S/C22H20BrNO2/c1-22(2,3)21(26)18-14-24(19-7-5-4-6-17(18)19)13-12-20(25)15-8-10-16(23)11-9-15/h4-11,14,20,25H,1-3H3. The van der Waals surface area contributed by atoms with E-state index in [4.69, 9.17) is 0 Å². The molecule has 0 fully saturated rings. The monoisotopic (exact) mass is 409 g/mol. The number of aliphatic hydroxyl groups excluding tert-OH is 1. The Morgan fingerprint density at radius 3 is 2.42 bits per heavy atom. The molecular weight excluding hydrogens is 390 g/mol. The second-order valence-electron chi connectivity index (χ2n) is 7.22. The van der Waals surface area contributed by atoms with E-state index in [1.165, 1.54) is 0 Å². The quantitative estimate of drug-likeness (QED) is 0.468. The third-order valence-corrected chi connectivity index (χ3v) is 4.67. The van der Waals surface area contributed by atoms with E-state index in [9.17, 15) is 9.90 Å². The molecule has 0 aliphatic heterocycles. The normalized spacial score (nSPS) is 12.5. The lowest BCUT2D eigenvalue weighted by atomic mass is 9.86. The third-order valence-electron chi connectivity index (χ3n) is 4.15. The lowest BCUT2D eigenvalue weighted by Crippen LogP contribution is -2.19. The summed E-state index contributed by atoms with van der Waals surface area (Å²) in [6.45, 7) is 5.72. The number of Topliss-reactive ketones (excluding diaryl/α,β-unsaturated/α-hetero) is 1. The molecule has 3 rings (SSSR count). The molecule has 0 spiro atoms. The Kier molecular flexibility index (Phi) is 5.04. The molecule has 0 saturated heterocycles. The summed E-state index contributed by atoms with van der Waals surface area (Å²) in [5.74, 6) is 2.93. The van der Waals surface area contributed by atoms with E-state index < -0.39 is 11.5 Å². The fourth-order valence-corrected chi connectivity index (χ4v) is 2.98. The minimum Gasteiger partial charge on any atom is -0.376 e. The summed E-state index contributed by atoms with van der Waals surface area (Å²) < 4.78 is 2.67. The van der Waals surface area contributed by atoms with Crippen molar-refractivity contribution in [3.05, 3.63) is 70.3 Å². The van der Waals surface area contributed by atoms with Crippen molar-refractivity contribution in [1.29, 1.82) is 0 Å². The van der Waals surface area contributed by atoms with Crippen LogP contribution in [0, 0.1) is 17.4 Å². The highest BCUT2D eigenvalue weighted by Gasteiger charge is 2.26. The van der Waals surface area contributed by atoms with Crippen LogP contribution in [0.2, 0.25) is 0 Å². The summed E-state index contributed by atoms with van der Waals surface area (Å²) in [5, 5.41) is 11.2. The van der Waals surface area contributed by atoms with Gasteiger partial charge in [0.05, 0.1) is 5.52 Å². The Labute approximate surface area is 161 Å². The maximum Gasteiger partial charge on any atom is 0.170 e. The van der Waals surface area contributed by atoms with Gasteiger partial charge in [-0.15, -0.1) is 0 Å². The molecule has 26 heavy (non-hydrogen) atoms. The van der Waals surface area contributed by atoms with Crippen LogP contribution in [0.4, 0.5) is 0 Å². The first-order chi connectivity index (χ1) is 12.3. The highest BCUT2D eigenvalue weighted by Crippen LogP contribution is 2.28. The number of halogens is 1. The van der Waals surface area contributed by atoms with Crippen molar-refractivity contribution in [2.45, 2.75) is 26.9 Å². The van der Waals surface area contributed by atoms with Crippen molar-refractivity contribution in [3.8, 4) is 12.0 Å². The molecule has 0 aliphatic rings. The molecule has 0 bridgehead atoms. The smallest absolute Gasteiger partial charge is 0.170 e. The van der Waals surface area contributed by atoms with Crippen molar-refractivity contribution < 1.29 is 9.90 Å². The molecular formula is C22H20BrNO2. The first kappa shape index (κ1) is 18.4. The SMILES string of the molecule is CC(C)(C)C(=O)c1cn(C#CC(O)c2ccc(Br)cc2)c2ccccc12. The zero-order valence-electron chi connectivity index (χ0n) is 15.0. The van der Waals surface area contributed by atoms with Crippen LogP contribution in [-0.4, -0.2) is 15.5 Å². The lowest BCUT2D eigenvalue weighted by Gasteiger charge is -2.15. The van der Waals surface area contributed by atoms with Gasteiger partial charge in [0.25, 0.3) is 0 Å². The topological polar surface area (TPSA) is 42.2 Å². The van der Waals surface area contributed by atoms with Crippen LogP contribution >= 0.6 is 15.9 Å². The molecule has 1 unspecified atom stereocenters. The lowest BCUT2D eigenvalue weighted by molar-refractivity contribution is 0.0860. The molecule has 1 heterocycles. The summed E-state index contributed by atoms with van der Waals surface area (Å²) in [4.78, 5) is 12.8. The molecule has 1 N–H and O–H groups in total. The predicted octanol–water partition coefficient (Wildman–Crippen LogP) is 5.18. The van der Waals surface area contributed by atoms with Crippen LogP contribution in [-0.2, 0) is 0 Å². The summed E-state index contributed by atoms with van der Waals surface area (Å²) in [7, 11) is 0. The summed E-state index contributed by atoms with van der Waals surface area (Å²) in [6.07, 6.45) is 0.866. The molecule has 2 aromatic carbocycles. The summed E-state index contributed by atoms with van der Waals surface area (Å²) in [5.41, 5.74) is 1.76. The first-order valence-corrected chi connectivity index (χ1v) is 9.16. The van der Waals surface area contributed by atoms with Gasteiger partial charge in [-0.1, -0.05) is 67.0 Å². The third kappa shape index (κ3) is 3.75. The van der Waals surface area contributed by atoms with Crippen molar-refractivity contribution in [1.82, 2.24) is 4.57 Å². The van der Waals surface area contributed by atoms with Crippen LogP contribution in [0.15, 0.2) is 59.2 Å². The minimum absolute atomic E-state index is 0.0720. The Morgan fingerprint density at radius 2 is 1.77 bits per heavy atom. The van der Waals surface area contributed by atoms with Gasteiger partial charge in [-0.05, 0) is 29.7 Å². The highest BCUT2D eigenvalue weighted by atomic mass is 79.9. The van der Waals surface area contributed by atoms with Crippen LogP contribution in [0.25, 0.3) is 10.9 Å². The summed E-state index contributed by atoms with van der Waals surface area (Å²) in [6, 6.07) is 18.0. The number of aromatic nitrogens is 1. The van der Waals surface area contributed by atoms with Crippen molar-refractivity contribution in [2.24, 2.45) is 5.41 Å². The van der Waals surface area contributed by atoms with Gasteiger partial charge in [-0.2, -0.15) is 0 Å². The molecule has 1 aromatic heterocycles. The van der Waals surface area contributed by atoms with Crippen LogP contribution in [0.5, 0.6) is 0 Å². The average Bonchev–Trinajstić information content (AvgIpc) is 2.97. The number of nitrogens with zero attached hydrogens (tertiary/aromatic N) is 1. The van der Waals surface area contributed by atoms with Gasteiger partial charge < -0.3 is 5.11 Å². The van der Waals surface area contributed by atoms with Gasteiger partial charge in [0.1, 0.15) is 6.10 Å². The van der Waals surface area contributed by atoms with E-state index in [2.05, 4.69) is 27.9 Å². The van der Waals surface area contributed by atoms with Gasteiger partial charge in [0.15, 0.2) is 5.78 Å². The van der Waals surface area contributed by atoms with E-state index in [0.29, 0.717) is 5.56 Å². The van der Waals surface area contributed by atoms with Crippen molar-refractivity contribution in [2.75, 3.05) is 0 Å². The zero-order valence-corrected chi connectivity index (χ0v) is 16.5. The molecule has 132 valence electrons. The number of carbonyl (C=O) groups excluding carboxylic acids is 1. The number of hydrogen-bond acceptors (Lipinski definition) is 2. The Morgan fingerprint density at radius 1 is 1.12 bits per heavy atom. The Hall–Kier alpha value is -2.35. The average molecular weight is 410 g/mol. The van der Waals surface area contributed by atoms with Gasteiger partial charge in [-0.3, -0.25) is 9.36 Å². The number of para-hydroxylation sites is 1. The number of aliphatic hydroxyl groups is 1. The van der Waals surface area contributed by atoms with Crippen molar-refractivity contribution >= 4 is 32.6 Å². The number of hydrogen-bond donors (Lipinski definition) is 1. The van der Waals surface area contributed by atoms with E-state index >= 15 is 0 Å². The molecule has 3 nitrogen and oxygen atoms in total. The molecule has 4 heteroatoms. The number of benzene rings is 2. The van der Waals surface area contributed by atoms with E-state index in [1.54, 1.807) is 10.8 Å². The highest BCUT2D eigenvalue weighted by molar-refractivity contribution is 9.10. The predicted molar refractivity (Wildman–Crippen MR) is 108 cm³/mol. The maximum atomic E-state index is 12.8. The second-order valence-corrected chi connectivity index (χ2v) is 8.13. The number of carbonyl (C=O) groups is 1. The zero-order chi connectivity index (χ0) is 18.9.